The average Bonchev–Trinajstić information content (AvgIpc) is 3.65. The van der Waals surface area contributed by atoms with Gasteiger partial charge in [-0.25, -0.2) is 17.9 Å². The molecule has 4 aliphatic rings. The van der Waals surface area contributed by atoms with Crippen LogP contribution in [0.1, 0.15) is 104 Å². The third-order valence-corrected chi connectivity index (χ3v) is 11.3. The smallest absolute Gasteiger partial charge is 0.315 e. The maximum absolute atomic E-state index is 14.2. The molecule has 0 bridgehead atoms. The fourth-order valence-corrected chi connectivity index (χ4v) is 8.72. The molecule has 4 rings (SSSR count). The number of urea groups is 1. The molecule has 4 fully saturated rings. The van der Waals surface area contributed by atoms with E-state index in [0.717, 1.165) is 64.2 Å². The summed E-state index contributed by atoms with van der Waals surface area (Å²) in [6, 6.07) is -2.31. The molecule has 5 N–H and O–H groups in total. The first-order valence-electron chi connectivity index (χ1n) is 16.3. The predicted octanol–water partition coefficient (Wildman–Crippen LogP) is 1.22. The van der Waals surface area contributed by atoms with Crippen LogP contribution in [0.4, 0.5) is 4.79 Å². The molecule has 1 saturated heterocycles. The maximum Gasteiger partial charge on any atom is 0.315 e. The van der Waals surface area contributed by atoms with E-state index >= 15 is 0 Å². The fourth-order valence-electron chi connectivity index (χ4n) is 7.09. The molecule has 2 atom stereocenters. The van der Waals surface area contributed by atoms with Crippen molar-refractivity contribution in [1.82, 2.24) is 30.9 Å². The predicted molar refractivity (Wildman–Crippen MR) is 164 cm³/mol. The maximum atomic E-state index is 14.2. The highest BCUT2D eigenvalue weighted by atomic mass is 32.2. The summed E-state index contributed by atoms with van der Waals surface area (Å²) in [7, 11) is -3.62. The van der Waals surface area contributed by atoms with E-state index in [1.807, 2.05) is 6.92 Å². The number of likely N-dealkylation sites (tertiary alicyclic amines) is 1. The van der Waals surface area contributed by atoms with Crippen molar-refractivity contribution in [3.05, 3.63) is 0 Å². The van der Waals surface area contributed by atoms with Crippen LogP contribution in [0.15, 0.2) is 0 Å². The second-order valence-corrected chi connectivity index (χ2v) is 15.2. The molecule has 5 amide bonds. The third-order valence-electron chi connectivity index (χ3n) is 9.66. The van der Waals surface area contributed by atoms with Gasteiger partial charge in [0.15, 0.2) is 0 Å². The van der Waals surface area contributed by atoms with Gasteiger partial charge in [0.2, 0.25) is 27.6 Å². The Bertz CT molecular complexity index is 1190. The monoisotopic (exact) mass is 638 g/mol. The Morgan fingerprint density at radius 3 is 2.14 bits per heavy atom. The number of sulfonamides is 1. The molecule has 3 saturated carbocycles. The van der Waals surface area contributed by atoms with Crippen LogP contribution in [0, 0.1) is 5.41 Å². The fraction of sp³-hybridized carbons (Fsp3) is 0.833. The Hall–Kier alpha value is -2.74. The van der Waals surface area contributed by atoms with Crippen molar-refractivity contribution in [1.29, 1.82) is 0 Å². The van der Waals surface area contributed by atoms with Crippen LogP contribution < -0.4 is 26.0 Å². The van der Waals surface area contributed by atoms with E-state index in [1.54, 1.807) is 6.92 Å². The van der Waals surface area contributed by atoms with Gasteiger partial charge in [-0.2, -0.15) is 0 Å². The molecule has 0 unspecified atom stereocenters. The first-order chi connectivity index (χ1) is 20.9. The number of hydrogen-bond acceptors (Lipinski definition) is 7. The Morgan fingerprint density at radius 1 is 0.886 bits per heavy atom. The molecular weight excluding hydrogens is 588 g/mol. The molecule has 1 heterocycles. The molecule has 44 heavy (non-hydrogen) atoms. The molecule has 0 aromatic heterocycles. The number of hydrogen-bond donors (Lipinski definition) is 5. The van der Waals surface area contributed by atoms with Crippen LogP contribution in [0.2, 0.25) is 0 Å². The highest BCUT2D eigenvalue weighted by Crippen LogP contribution is 2.40. The normalized spacial score (nSPS) is 23.7. The SMILES string of the molecule is CCNS(=O)(=O)CC1(NC(=O)N[C@H](C(=O)N2CCC[C@H]2C(=O)NCC(=O)C(=O)NC2CC2)C2(C)CCCCC2)CCCCC1. The van der Waals surface area contributed by atoms with Crippen molar-refractivity contribution in [3.63, 3.8) is 0 Å². The quantitative estimate of drug-likeness (QED) is 0.188. The van der Waals surface area contributed by atoms with Gasteiger partial charge in [0, 0.05) is 19.1 Å². The zero-order valence-corrected chi connectivity index (χ0v) is 27.0. The number of carbonyl (C=O) groups is 5. The minimum atomic E-state index is -3.62. The van der Waals surface area contributed by atoms with Gasteiger partial charge in [-0.15, -0.1) is 0 Å². The molecule has 248 valence electrons. The number of amides is 5. The summed E-state index contributed by atoms with van der Waals surface area (Å²) >= 11 is 0. The molecule has 3 aliphatic carbocycles. The highest BCUT2D eigenvalue weighted by molar-refractivity contribution is 7.89. The van der Waals surface area contributed by atoms with Gasteiger partial charge >= 0.3 is 6.03 Å². The van der Waals surface area contributed by atoms with E-state index in [-0.39, 0.29) is 24.2 Å². The second kappa shape index (κ2) is 14.6. The lowest BCUT2D eigenvalue weighted by molar-refractivity contribution is -0.143. The minimum Gasteiger partial charge on any atom is -0.347 e. The molecular formula is C30H50N6O7S. The zero-order chi connectivity index (χ0) is 32.0. The van der Waals surface area contributed by atoms with Crippen molar-refractivity contribution in [3.8, 4) is 0 Å². The molecule has 13 nitrogen and oxygen atoms in total. The van der Waals surface area contributed by atoms with E-state index in [4.69, 9.17) is 0 Å². The van der Waals surface area contributed by atoms with Gasteiger partial charge in [-0.05, 0) is 56.8 Å². The van der Waals surface area contributed by atoms with E-state index in [9.17, 15) is 32.4 Å². The van der Waals surface area contributed by atoms with Gasteiger partial charge in [-0.3, -0.25) is 19.2 Å². The van der Waals surface area contributed by atoms with Gasteiger partial charge in [0.25, 0.3) is 5.91 Å². The number of nitrogens with zero attached hydrogens (tertiary/aromatic N) is 1. The summed E-state index contributed by atoms with van der Waals surface area (Å²) in [6.45, 7) is 3.83. The number of Topliss-reactive ketones (excluding diaryl/α,β-unsaturated/α-hetero) is 1. The molecule has 1 aliphatic heterocycles. The molecule has 0 aromatic carbocycles. The van der Waals surface area contributed by atoms with E-state index in [0.29, 0.717) is 32.2 Å². The number of rotatable bonds is 13. The van der Waals surface area contributed by atoms with Gasteiger partial charge in [0.1, 0.15) is 12.1 Å². The molecule has 0 spiro atoms. The summed E-state index contributed by atoms with van der Waals surface area (Å²) < 4.78 is 28.0. The molecule has 0 radical (unpaired) electrons. The first-order valence-corrected chi connectivity index (χ1v) is 18.0. The van der Waals surface area contributed by atoms with Crippen LogP contribution in [-0.2, 0) is 29.2 Å². The Balaban J connectivity index is 1.47. The van der Waals surface area contributed by atoms with Crippen LogP contribution in [0.5, 0.6) is 0 Å². The van der Waals surface area contributed by atoms with Crippen LogP contribution in [-0.4, -0.2) is 91.9 Å². The van der Waals surface area contributed by atoms with Crippen molar-refractivity contribution >= 4 is 39.6 Å². The Kier molecular flexibility index (Phi) is 11.3. The lowest BCUT2D eigenvalue weighted by Crippen LogP contribution is -2.64. The number of nitrogens with one attached hydrogen (secondary N) is 5. The van der Waals surface area contributed by atoms with Crippen molar-refractivity contribution < 1.29 is 32.4 Å². The van der Waals surface area contributed by atoms with E-state index in [1.165, 1.54) is 4.90 Å². The van der Waals surface area contributed by atoms with Crippen molar-refractivity contribution in [2.75, 3.05) is 25.4 Å². The standard InChI is InChI=1S/C30H50N6O7S/c1-3-32-44(42,43)20-30(16-8-5-9-17-30)35-28(41)34-24(29(2)14-6-4-7-15-29)27(40)36-18-10-11-22(36)25(38)31-19-23(37)26(39)33-21-12-13-21/h21-22,24,32H,3-20H2,1-2H3,(H,31,38)(H,33,39)(H2,34,35,41)/t22-,24+/m0/s1. The largest absolute Gasteiger partial charge is 0.347 e. The van der Waals surface area contributed by atoms with Gasteiger partial charge < -0.3 is 26.2 Å². The summed E-state index contributed by atoms with van der Waals surface area (Å²) in [5.74, 6) is -2.56. The van der Waals surface area contributed by atoms with Crippen LogP contribution in [0.3, 0.4) is 0 Å². The summed E-state index contributed by atoms with van der Waals surface area (Å²) in [5.41, 5.74) is -1.50. The number of carbonyl (C=O) groups excluding carboxylic acids is 5. The van der Waals surface area contributed by atoms with Crippen molar-refractivity contribution in [2.24, 2.45) is 5.41 Å². The van der Waals surface area contributed by atoms with Crippen LogP contribution >= 0.6 is 0 Å². The third kappa shape index (κ3) is 8.92. The lowest BCUT2D eigenvalue weighted by atomic mass is 9.70. The summed E-state index contributed by atoms with van der Waals surface area (Å²) in [6.07, 6.45) is 10.5. The summed E-state index contributed by atoms with van der Waals surface area (Å²) in [5, 5.41) is 11.1. The molecule has 0 aromatic rings. The van der Waals surface area contributed by atoms with E-state index in [2.05, 4.69) is 26.0 Å². The molecule has 14 heteroatoms. The van der Waals surface area contributed by atoms with Crippen LogP contribution in [0.25, 0.3) is 0 Å². The van der Waals surface area contributed by atoms with E-state index < -0.39 is 63.2 Å². The van der Waals surface area contributed by atoms with Crippen molar-refractivity contribution in [2.45, 2.75) is 127 Å². The van der Waals surface area contributed by atoms with Gasteiger partial charge in [0.05, 0.1) is 17.8 Å². The van der Waals surface area contributed by atoms with Gasteiger partial charge in [-0.1, -0.05) is 52.4 Å². The minimum absolute atomic E-state index is 0.0262. The lowest BCUT2D eigenvalue weighted by Gasteiger charge is -2.43. The first kappa shape index (κ1) is 34.1. The second-order valence-electron chi connectivity index (χ2n) is 13.4. The highest BCUT2D eigenvalue weighted by Gasteiger charge is 2.47. The number of ketones is 1. The zero-order valence-electron chi connectivity index (χ0n) is 26.2. The Morgan fingerprint density at radius 2 is 1.52 bits per heavy atom. The topological polar surface area (TPSA) is 183 Å². The summed E-state index contributed by atoms with van der Waals surface area (Å²) in [4.78, 5) is 66.8. The Labute approximate surface area is 260 Å². The average molecular weight is 639 g/mol.